The van der Waals surface area contributed by atoms with E-state index in [-0.39, 0.29) is 17.2 Å². The predicted molar refractivity (Wildman–Crippen MR) is 76.2 cm³/mol. The van der Waals surface area contributed by atoms with Crippen LogP contribution in [0.1, 0.15) is 16.1 Å². The zero-order valence-corrected chi connectivity index (χ0v) is 11.6. The number of halogens is 1. The first kappa shape index (κ1) is 13.9. The molecule has 0 fully saturated rings. The number of carboxylic acid groups (broad SMARTS) is 1. The van der Waals surface area contributed by atoms with E-state index in [1.54, 1.807) is 37.4 Å². The number of carboxylic acids is 1. The van der Waals surface area contributed by atoms with Crippen molar-refractivity contribution in [1.82, 2.24) is 20.0 Å². The van der Waals surface area contributed by atoms with Crippen LogP contribution in [0.25, 0.3) is 17.1 Å². The molecule has 1 aromatic carbocycles. The molecule has 3 rings (SSSR count). The minimum absolute atomic E-state index is 0.208. The summed E-state index contributed by atoms with van der Waals surface area (Å²) in [5.74, 6) is -1.55. The highest BCUT2D eigenvalue weighted by atomic mass is 19.1. The number of hydrogen-bond acceptors (Lipinski definition) is 4. The van der Waals surface area contributed by atoms with Crippen molar-refractivity contribution < 1.29 is 14.3 Å². The van der Waals surface area contributed by atoms with Gasteiger partial charge in [0, 0.05) is 6.20 Å². The Morgan fingerprint density at radius 1 is 1.27 bits per heavy atom. The highest BCUT2D eigenvalue weighted by Gasteiger charge is 2.22. The third kappa shape index (κ3) is 2.32. The zero-order valence-electron chi connectivity index (χ0n) is 11.6. The van der Waals surface area contributed by atoms with Gasteiger partial charge in [0.25, 0.3) is 0 Å². The molecule has 0 spiro atoms. The number of aryl methyl sites for hydroxylation is 1. The molecule has 110 valence electrons. The highest BCUT2D eigenvalue weighted by Crippen LogP contribution is 2.24. The van der Waals surface area contributed by atoms with Gasteiger partial charge in [0.05, 0.1) is 11.4 Å². The monoisotopic (exact) mass is 298 g/mol. The molecule has 0 atom stereocenters. The summed E-state index contributed by atoms with van der Waals surface area (Å²) in [6.07, 6.45) is 1.55. The molecular formula is C15H11FN4O2. The smallest absolute Gasteiger partial charge is 0.358 e. The normalized spacial score (nSPS) is 10.6. The summed E-state index contributed by atoms with van der Waals surface area (Å²) in [7, 11) is 0. The Balaban J connectivity index is 2.24. The maximum Gasteiger partial charge on any atom is 0.358 e. The SMILES string of the molecule is Cc1cc(-n2nnc(C(=O)O)c2-c2ccccn2)ccc1F. The van der Waals surface area contributed by atoms with E-state index in [9.17, 15) is 14.3 Å². The van der Waals surface area contributed by atoms with Gasteiger partial charge in [0.15, 0.2) is 5.69 Å². The summed E-state index contributed by atoms with van der Waals surface area (Å²) in [6.45, 7) is 1.62. The third-order valence-electron chi connectivity index (χ3n) is 3.17. The van der Waals surface area contributed by atoms with Gasteiger partial charge >= 0.3 is 5.97 Å². The molecule has 1 N–H and O–H groups in total. The molecule has 0 bridgehead atoms. The second-order valence-corrected chi connectivity index (χ2v) is 4.65. The van der Waals surface area contributed by atoms with Crippen LogP contribution in [0.2, 0.25) is 0 Å². The van der Waals surface area contributed by atoms with Crippen molar-refractivity contribution in [3.05, 3.63) is 59.7 Å². The molecule has 0 unspecified atom stereocenters. The number of pyridine rings is 1. The minimum Gasteiger partial charge on any atom is -0.476 e. The number of aromatic nitrogens is 4. The van der Waals surface area contributed by atoms with Crippen LogP contribution in [0, 0.1) is 12.7 Å². The van der Waals surface area contributed by atoms with Gasteiger partial charge in [-0.05, 0) is 42.8 Å². The maximum absolute atomic E-state index is 13.4. The largest absolute Gasteiger partial charge is 0.476 e. The van der Waals surface area contributed by atoms with Crippen LogP contribution >= 0.6 is 0 Å². The highest BCUT2D eigenvalue weighted by molar-refractivity contribution is 5.92. The molecule has 2 aromatic heterocycles. The van der Waals surface area contributed by atoms with Crippen LogP contribution in [0.15, 0.2) is 42.6 Å². The molecule has 0 saturated carbocycles. The van der Waals surface area contributed by atoms with Crippen molar-refractivity contribution in [3.8, 4) is 17.1 Å². The van der Waals surface area contributed by atoms with E-state index in [4.69, 9.17) is 0 Å². The number of aromatic carboxylic acids is 1. The number of benzene rings is 1. The van der Waals surface area contributed by atoms with Gasteiger partial charge < -0.3 is 5.11 Å². The Hall–Kier alpha value is -3.09. The van der Waals surface area contributed by atoms with Gasteiger partial charge in [-0.2, -0.15) is 0 Å². The second kappa shape index (κ2) is 5.36. The Morgan fingerprint density at radius 3 is 2.73 bits per heavy atom. The summed E-state index contributed by atoms with van der Waals surface area (Å²) in [5, 5.41) is 16.9. The number of hydrogen-bond donors (Lipinski definition) is 1. The van der Waals surface area contributed by atoms with E-state index in [0.717, 1.165) is 0 Å². The quantitative estimate of drug-likeness (QED) is 0.803. The maximum atomic E-state index is 13.4. The van der Waals surface area contributed by atoms with Gasteiger partial charge in [0.1, 0.15) is 11.5 Å². The number of rotatable bonds is 3. The van der Waals surface area contributed by atoms with Gasteiger partial charge in [-0.25, -0.2) is 13.9 Å². The van der Waals surface area contributed by atoms with Gasteiger partial charge in [0.2, 0.25) is 0 Å². The first-order chi connectivity index (χ1) is 10.6. The molecule has 0 saturated heterocycles. The summed E-state index contributed by atoms with van der Waals surface area (Å²) >= 11 is 0. The van der Waals surface area contributed by atoms with E-state index in [1.165, 1.54) is 16.8 Å². The zero-order chi connectivity index (χ0) is 15.7. The van der Waals surface area contributed by atoms with Crippen LogP contribution in [-0.2, 0) is 0 Å². The first-order valence-corrected chi connectivity index (χ1v) is 6.45. The van der Waals surface area contributed by atoms with Crippen molar-refractivity contribution in [2.75, 3.05) is 0 Å². The van der Waals surface area contributed by atoms with Gasteiger partial charge in [-0.15, -0.1) is 5.10 Å². The van der Waals surface area contributed by atoms with Crippen molar-refractivity contribution in [3.63, 3.8) is 0 Å². The van der Waals surface area contributed by atoms with Crippen LogP contribution < -0.4 is 0 Å². The molecule has 0 radical (unpaired) electrons. The van der Waals surface area contributed by atoms with E-state index >= 15 is 0 Å². The topological polar surface area (TPSA) is 80.9 Å². The molecule has 22 heavy (non-hydrogen) atoms. The van der Waals surface area contributed by atoms with Crippen LogP contribution in [0.4, 0.5) is 4.39 Å². The lowest BCUT2D eigenvalue weighted by Crippen LogP contribution is -2.04. The average molecular weight is 298 g/mol. The van der Waals surface area contributed by atoms with Crippen molar-refractivity contribution >= 4 is 5.97 Å². The minimum atomic E-state index is -1.20. The van der Waals surface area contributed by atoms with E-state index < -0.39 is 5.97 Å². The van der Waals surface area contributed by atoms with E-state index in [2.05, 4.69) is 15.3 Å². The van der Waals surface area contributed by atoms with Crippen LogP contribution in [0.3, 0.4) is 0 Å². The molecule has 6 nitrogen and oxygen atoms in total. The molecule has 0 aliphatic heterocycles. The molecule has 3 aromatic rings. The lowest BCUT2D eigenvalue weighted by Gasteiger charge is -2.07. The summed E-state index contributed by atoms with van der Waals surface area (Å²) < 4.78 is 14.8. The Morgan fingerprint density at radius 2 is 2.09 bits per heavy atom. The Labute approximate surface area is 124 Å². The first-order valence-electron chi connectivity index (χ1n) is 6.45. The Bertz CT molecular complexity index is 846. The predicted octanol–water partition coefficient (Wildman–Crippen LogP) is 2.48. The lowest BCUT2D eigenvalue weighted by atomic mass is 10.2. The second-order valence-electron chi connectivity index (χ2n) is 4.65. The summed E-state index contributed by atoms with van der Waals surface area (Å²) in [4.78, 5) is 15.5. The summed E-state index contributed by atoms with van der Waals surface area (Å²) in [6, 6.07) is 9.51. The number of carbonyl (C=O) groups is 1. The molecule has 0 aliphatic carbocycles. The standard InChI is InChI=1S/C15H11FN4O2/c1-9-8-10(5-6-11(9)16)20-14(12-4-2-3-7-17-12)13(15(21)22)18-19-20/h2-8H,1H3,(H,21,22). The van der Waals surface area contributed by atoms with Crippen molar-refractivity contribution in [1.29, 1.82) is 0 Å². The fraction of sp³-hybridized carbons (Fsp3) is 0.0667. The van der Waals surface area contributed by atoms with E-state index in [0.29, 0.717) is 16.9 Å². The fourth-order valence-corrected chi connectivity index (χ4v) is 2.10. The molecule has 0 aliphatic rings. The third-order valence-corrected chi connectivity index (χ3v) is 3.17. The molecule has 7 heteroatoms. The van der Waals surface area contributed by atoms with E-state index in [1.807, 2.05) is 0 Å². The van der Waals surface area contributed by atoms with Crippen molar-refractivity contribution in [2.45, 2.75) is 6.92 Å². The van der Waals surface area contributed by atoms with Crippen molar-refractivity contribution in [2.24, 2.45) is 0 Å². The van der Waals surface area contributed by atoms with Crippen LogP contribution in [0.5, 0.6) is 0 Å². The molecule has 0 amide bonds. The Kier molecular flexibility index (Phi) is 3.38. The summed E-state index contributed by atoms with van der Waals surface area (Å²) in [5.41, 5.74) is 1.41. The molecule has 2 heterocycles. The van der Waals surface area contributed by atoms with Gasteiger partial charge in [-0.1, -0.05) is 11.3 Å². The number of nitrogens with zero attached hydrogens (tertiary/aromatic N) is 4. The van der Waals surface area contributed by atoms with Gasteiger partial charge in [-0.3, -0.25) is 4.98 Å². The van der Waals surface area contributed by atoms with Crippen LogP contribution in [-0.4, -0.2) is 31.1 Å². The fourth-order valence-electron chi connectivity index (χ4n) is 2.10. The molecular weight excluding hydrogens is 287 g/mol. The lowest BCUT2D eigenvalue weighted by molar-refractivity contribution is 0.0691. The average Bonchev–Trinajstić information content (AvgIpc) is 2.96.